The summed E-state index contributed by atoms with van der Waals surface area (Å²) in [5.74, 6) is 0.419. The summed E-state index contributed by atoms with van der Waals surface area (Å²) in [4.78, 5) is 4.10. The second-order valence-electron chi connectivity index (χ2n) is 4.01. The van der Waals surface area contributed by atoms with Crippen LogP contribution >= 0.6 is 24.0 Å². The molecule has 0 atom stereocenters. The molecule has 1 aromatic carbocycles. The second kappa shape index (κ2) is 8.73. The summed E-state index contributed by atoms with van der Waals surface area (Å²) >= 11 is 0. The molecule has 19 heavy (non-hydrogen) atoms. The predicted molar refractivity (Wildman–Crippen MR) is 86.5 cm³/mol. The molecule has 1 aromatic rings. The van der Waals surface area contributed by atoms with Gasteiger partial charge in [0.25, 0.3) is 0 Å². The summed E-state index contributed by atoms with van der Waals surface area (Å²) in [5.41, 5.74) is 7.31. The molecule has 6 heteroatoms. The Morgan fingerprint density at radius 3 is 2.74 bits per heavy atom. The summed E-state index contributed by atoms with van der Waals surface area (Å²) in [6.45, 7) is 6.49. The van der Waals surface area contributed by atoms with E-state index in [1.165, 1.54) is 19.2 Å². The predicted octanol–water partition coefficient (Wildman–Crippen LogP) is 2.43. The van der Waals surface area contributed by atoms with E-state index in [1.54, 1.807) is 6.07 Å². The minimum absolute atomic E-state index is 0. The van der Waals surface area contributed by atoms with Crippen molar-refractivity contribution in [3.8, 4) is 5.75 Å². The first-order valence-corrected chi connectivity index (χ1v) is 5.53. The van der Waals surface area contributed by atoms with Gasteiger partial charge in [-0.1, -0.05) is 12.2 Å². The van der Waals surface area contributed by atoms with Crippen LogP contribution in [0.3, 0.4) is 0 Å². The van der Waals surface area contributed by atoms with Crippen molar-refractivity contribution in [2.45, 2.75) is 13.5 Å². The number of guanidine groups is 1. The highest BCUT2D eigenvalue weighted by Gasteiger charge is 2.01. The van der Waals surface area contributed by atoms with Gasteiger partial charge >= 0.3 is 0 Å². The van der Waals surface area contributed by atoms with Gasteiger partial charge in [-0.15, -0.1) is 24.0 Å². The Morgan fingerprint density at radius 2 is 2.16 bits per heavy atom. The third kappa shape index (κ3) is 7.00. The second-order valence-corrected chi connectivity index (χ2v) is 4.01. The first-order chi connectivity index (χ1) is 8.51. The van der Waals surface area contributed by atoms with Crippen LogP contribution in [0.5, 0.6) is 5.75 Å². The average molecular weight is 379 g/mol. The molecule has 0 aliphatic rings. The van der Waals surface area contributed by atoms with Gasteiger partial charge in [-0.25, -0.2) is 9.38 Å². The molecule has 0 radical (unpaired) electrons. The fourth-order valence-electron chi connectivity index (χ4n) is 1.30. The Hall–Kier alpha value is -1.31. The van der Waals surface area contributed by atoms with Crippen molar-refractivity contribution in [1.29, 1.82) is 0 Å². The third-order valence-electron chi connectivity index (χ3n) is 2.17. The van der Waals surface area contributed by atoms with Crippen molar-refractivity contribution in [3.05, 3.63) is 41.7 Å². The van der Waals surface area contributed by atoms with Crippen LogP contribution in [-0.2, 0) is 6.54 Å². The van der Waals surface area contributed by atoms with Gasteiger partial charge in [-0.3, -0.25) is 0 Å². The van der Waals surface area contributed by atoms with Gasteiger partial charge in [-0.05, 0) is 24.6 Å². The number of hydrogen-bond acceptors (Lipinski definition) is 2. The zero-order valence-corrected chi connectivity index (χ0v) is 13.4. The van der Waals surface area contributed by atoms with Crippen LogP contribution in [-0.4, -0.2) is 19.6 Å². The highest BCUT2D eigenvalue weighted by atomic mass is 127. The van der Waals surface area contributed by atoms with Gasteiger partial charge in [-0.2, -0.15) is 0 Å². The van der Waals surface area contributed by atoms with E-state index in [0.29, 0.717) is 30.4 Å². The van der Waals surface area contributed by atoms with Gasteiger partial charge in [0, 0.05) is 12.6 Å². The Labute approximate surface area is 130 Å². The molecule has 3 N–H and O–H groups in total. The van der Waals surface area contributed by atoms with E-state index in [2.05, 4.69) is 16.9 Å². The van der Waals surface area contributed by atoms with E-state index in [4.69, 9.17) is 10.5 Å². The van der Waals surface area contributed by atoms with E-state index < -0.39 is 0 Å². The number of aliphatic imine (C=N–C) groups is 1. The minimum Gasteiger partial charge on any atom is -0.497 e. The van der Waals surface area contributed by atoms with E-state index in [0.717, 1.165) is 5.57 Å². The van der Waals surface area contributed by atoms with Gasteiger partial charge in [0.15, 0.2) is 5.96 Å². The number of nitrogens with zero attached hydrogens (tertiary/aromatic N) is 1. The third-order valence-corrected chi connectivity index (χ3v) is 2.17. The maximum atomic E-state index is 13.2. The molecule has 1 rings (SSSR count). The summed E-state index contributed by atoms with van der Waals surface area (Å²) in [7, 11) is 1.49. The maximum absolute atomic E-state index is 13.2. The molecule has 0 aliphatic carbocycles. The SMILES string of the molecule is C=C(C)CNC(N)=NCc1cc(F)cc(OC)c1.I. The summed E-state index contributed by atoms with van der Waals surface area (Å²) < 4.78 is 18.2. The van der Waals surface area contributed by atoms with Gasteiger partial charge in [0.1, 0.15) is 11.6 Å². The summed E-state index contributed by atoms with van der Waals surface area (Å²) in [5, 5.41) is 2.90. The zero-order chi connectivity index (χ0) is 13.5. The van der Waals surface area contributed by atoms with E-state index in [1.807, 2.05) is 6.92 Å². The molecule has 0 amide bonds. The first kappa shape index (κ1) is 17.7. The Bertz CT molecular complexity index is 463. The molecule has 0 saturated heterocycles. The molecule has 0 fully saturated rings. The summed E-state index contributed by atoms with van der Waals surface area (Å²) in [6, 6.07) is 4.44. The monoisotopic (exact) mass is 379 g/mol. The number of methoxy groups -OCH3 is 1. The first-order valence-electron chi connectivity index (χ1n) is 5.53. The molecule has 106 valence electrons. The molecular formula is C13H19FIN3O. The van der Waals surface area contributed by atoms with Crippen molar-refractivity contribution in [1.82, 2.24) is 5.32 Å². The van der Waals surface area contributed by atoms with Crippen LogP contribution in [0.2, 0.25) is 0 Å². The molecule has 0 bridgehead atoms. The van der Waals surface area contributed by atoms with Crippen LogP contribution < -0.4 is 15.8 Å². The van der Waals surface area contributed by atoms with E-state index >= 15 is 0 Å². The quantitative estimate of drug-likeness (QED) is 0.358. The largest absolute Gasteiger partial charge is 0.497 e. The number of halogens is 2. The molecule has 0 saturated carbocycles. The lowest BCUT2D eigenvalue weighted by molar-refractivity contribution is 0.410. The van der Waals surface area contributed by atoms with Crippen LogP contribution in [0, 0.1) is 5.82 Å². The van der Waals surface area contributed by atoms with Crippen LogP contribution in [0.1, 0.15) is 12.5 Å². The normalized spacial score (nSPS) is 10.6. The van der Waals surface area contributed by atoms with Crippen molar-refractivity contribution in [2.24, 2.45) is 10.7 Å². The number of rotatable bonds is 5. The lowest BCUT2D eigenvalue weighted by atomic mass is 10.2. The zero-order valence-electron chi connectivity index (χ0n) is 11.1. The molecule has 0 aromatic heterocycles. The van der Waals surface area contributed by atoms with Crippen LogP contribution in [0.4, 0.5) is 4.39 Å². The molecule has 4 nitrogen and oxygen atoms in total. The Balaban J connectivity index is 0.00000324. The molecule has 0 spiro atoms. The van der Waals surface area contributed by atoms with Crippen molar-refractivity contribution >= 4 is 29.9 Å². The van der Waals surface area contributed by atoms with Crippen LogP contribution in [0.15, 0.2) is 35.3 Å². The molecule has 0 heterocycles. The number of nitrogens with two attached hydrogens (primary N) is 1. The van der Waals surface area contributed by atoms with Gasteiger partial charge in [0.05, 0.1) is 13.7 Å². The van der Waals surface area contributed by atoms with Crippen molar-refractivity contribution in [3.63, 3.8) is 0 Å². The lowest BCUT2D eigenvalue weighted by Gasteiger charge is -2.06. The Kier molecular flexibility index (Phi) is 8.13. The van der Waals surface area contributed by atoms with E-state index in [9.17, 15) is 4.39 Å². The number of nitrogens with one attached hydrogen (secondary N) is 1. The van der Waals surface area contributed by atoms with Crippen molar-refractivity contribution in [2.75, 3.05) is 13.7 Å². The topological polar surface area (TPSA) is 59.6 Å². The molecule has 0 unspecified atom stereocenters. The number of hydrogen-bond donors (Lipinski definition) is 2. The smallest absolute Gasteiger partial charge is 0.189 e. The molecule has 0 aliphatic heterocycles. The van der Waals surface area contributed by atoms with E-state index in [-0.39, 0.29) is 29.8 Å². The van der Waals surface area contributed by atoms with Crippen LogP contribution in [0.25, 0.3) is 0 Å². The highest BCUT2D eigenvalue weighted by molar-refractivity contribution is 14.0. The fraction of sp³-hybridized carbons (Fsp3) is 0.308. The highest BCUT2D eigenvalue weighted by Crippen LogP contribution is 2.16. The average Bonchev–Trinajstić information content (AvgIpc) is 2.33. The lowest BCUT2D eigenvalue weighted by Crippen LogP contribution is -2.32. The number of benzene rings is 1. The minimum atomic E-state index is -0.354. The fourth-order valence-corrected chi connectivity index (χ4v) is 1.30. The summed E-state index contributed by atoms with van der Waals surface area (Å²) in [6.07, 6.45) is 0. The molecular weight excluding hydrogens is 360 g/mol. The Morgan fingerprint density at radius 1 is 1.47 bits per heavy atom. The van der Waals surface area contributed by atoms with Crippen molar-refractivity contribution < 1.29 is 9.13 Å². The number of ether oxygens (including phenoxy) is 1. The van der Waals surface area contributed by atoms with Gasteiger partial charge in [0.2, 0.25) is 0 Å². The maximum Gasteiger partial charge on any atom is 0.189 e. The van der Waals surface area contributed by atoms with Gasteiger partial charge < -0.3 is 15.8 Å². The standard InChI is InChI=1S/C13H18FN3O.HI/c1-9(2)7-16-13(15)17-8-10-4-11(14)6-12(5-10)18-3;/h4-6H,1,7-8H2,2-3H3,(H3,15,16,17);1H.